The number of likely N-dealkylation sites (N-methyl/N-ethyl adjacent to an activating group) is 1. The molecule has 0 aromatic heterocycles. The third-order valence-electron chi connectivity index (χ3n) is 3.94. The van der Waals surface area contributed by atoms with Crippen LogP contribution in [0.15, 0.2) is 0 Å². The lowest BCUT2D eigenvalue weighted by atomic mass is 10.1. The molecule has 1 N–H and O–H groups in total. The lowest BCUT2D eigenvalue weighted by Crippen LogP contribution is -2.38. The zero-order valence-corrected chi connectivity index (χ0v) is 11.6. The van der Waals surface area contributed by atoms with Gasteiger partial charge in [0, 0.05) is 25.7 Å². The Morgan fingerprint density at radius 3 is 2.44 bits per heavy atom. The maximum absolute atomic E-state index is 3.66. The Morgan fingerprint density at radius 1 is 1.25 bits per heavy atom. The summed E-state index contributed by atoms with van der Waals surface area (Å²) in [7, 11) is 0. The fraction of sp³-hybridized carbons (Fsp3) is 1.00. The van der Waals surface area contributed by atoms with Crippen LogP contribution < -0.4 is 5.32 Å². The van der Waals surface area contributed by atoms with Crippen LogP contribution in [-0.2, 0) is 0 Å². The first-order valence-corrected chi connectivity index (χ1v) is 7.13. The molecule has 1 saturated carbocycles. The standard InChI is InChI=1S/C14H30N2/c1-5-12(3)11-16(6-2)10-9-15-13(4)14-7-8-14/h12-15H,5-11H2,1-4H3. The summed E-state index contributed by atoms with van der Waals surface area (Å²) in [6.45, 7) is 14.0. The van der Waals surface area contributed by atoms with E-state index in [1.54, 1.807) is 0 Å². The molecule has 0 heterocycles. The second-order valence-corrected chi connectivity index (χ2v) is 5.49. The first kappa shape index (κ1) is 14.0. The number of nitrogens with zero attached hydrogens (tertiary/aromatic N) is 1. The Balaban J connectivity index is 2.07. The highest BCUT2D eigenvalue weighted by Gasteiger charge is 2.27. The maximum Gasteiger partial charge on any atom is 0.0107 e. The third-order valence-corrected chi connectivity index (χ3v) is 3.94. The third kappa shape index (κ3) is 5.31. The Labute approximate surface area is 102 Å². The second-order valence-electron chi connectivity index (χ2n) is 5.49. The molecule has 16 heavy (non-hydrogen) atoms. The van der Waals surface area contributed by atoms with Crippen LogP contribution in [0.3, 0.4) is 0 Å². The molecule has 0 aliphatic heterocycles. The average molecular weight is 226 g/mol. The van der Waals surface area contributed by atoms with Crippen molar-refractivity contribution in [3.8, 4) is 0 Å². The van der Waals surface area contributed by atoms with Crippen molar-refractivity contribution in [1.82, 2.24) is 10.2 Å². The van der Waals surface area contributed by atoms with Crippen LogP contribution in [0.1, 0.15) is 47.0 Å². The molecule has 2 unspecified atom stereocenters. The van der Waals surface area contributed by atoms with Crippen molar-refractivity contribution < 1.29 is 0 Å². The van der Waals surface area contributed by atoms with E-state index in [4.69, 9.17) is 0 Å². The minimum Gasteiger partial charge on any atom is -0.313 e. The normalized spacial score (nSPS) is 20.1. The van der Waals surface area contributed by atoms with Crippen molar-refractivity contribution >= 4 is 0 Å². The number of rotatable bonds is 9. The molecule has 0 spiro atoms. The molecule has 0 saturated heterocycles. The summed E-state index contributed by atoms with van der Waals surface area (Å²) in [5.41, 5.74) is 0. The Hall–Kier alpha value is -0.0800. The smallest absolute Gasteiger partial charge is 0.0107 e. The number of nitrogens with one attached hydrogen (secondary N) is 1. The first-order chi connectivity index (χ1) is 7.67. The second kappa shape index (κ2) is 7.29. The lowest BCUT2D eigenvalue weighted by Gasteiger charge is -2.24. The maximum atomic E-state index is 3.66. The van der Waals surface area contributed by atoms with E-state index in [1.807, 2.05) is 0 Å². The van der Waals surface area contributed by atoms with E-state index in [1.165, 1.54) is 38.9 Å². The molecule has 1 aliphatic rings. The van der Waals surface area contributed by atoms with Crippen molar-refractivity contribution in [3.05, 3.63) is 0 Å². The van der Waals surface area contributed by atoms with Crippen molar-refractivity contribution in [3.63, 3.8) is 0 Å². The minimum atomic E-state index is 0.738. The summed E-state index contributed by atoms with van der Waals surface area (Å²) in [5.74, 6) is 1.81. The summed E-state index contributed by atoms with van der Waals surface area (Å²) in [5, 5.41) is 3.66. The van der Waals surface area contributed by atoms with E-state index in [0.717, 1.165) is 24.4 Å². The van der Waals surface area contributed by atoms with Gasteiger partial charge >= 0.3 is 0 Å². The van der Waals surface area contributed by atoms with Gasteiger partial charge in [0.2, 0.25) is 0 Å². The van der Waals surface area contributed by atoms with Gasteiger partial charge in [0.25, 0.3) is 0 Å². The van der Waals surface area contributed by atoms with Crippen LogP contribution in [0, 0.1) is 11.8 Å². The van der Waals surface area contributed by atoms with Gasteiger partial charge in [-0.1, -0.05) is 27.2 Å². The summed E-state index contributed by atoms with van der Waals surface area (Å²) in [6, 6.07) is 0.738. The van der Waals surface area contributed by atoms with Crippen molar-refractivity contribution in [1.29, 1.82) is 0 Å². The number of hydrogen-bond acceptors (Lipinski definition) is 2. The van der Waals surface area contributed by atoms with Gasteiger partial charge in [-0.05, 0) is 38.1 Å². The molecule has 0 aromatic carbocycles. The van der Waals surface area contributed by atoms with Crippen LogP contribution in [0.5, 0.6) is 0 Å². The largest absolute Gasteiger partial charge is 0.313 e. The van der Waals surface area contributed by atoms with Gasteiger partial charge in [0.1, 0.15) is 0 Å². The molecule has 2 atom stereocenters. The summed E-state index contributed by atoms with van der Waals surface area (Å²) in [4.78, 5) is 2.57. The average Bonchev–Trinajstić information content (AvgIpc) is 3.10. The highest BCUT2D eigenvalue weighted by atomic mass is 15.1. The minimum absolute atomic E-state index is 0.738. The van der Waals surface area contributed by atoms with Crippen molar-refractivity contribution in [2.75, 3.05) is 26.2 Å². The Bertz CT molecular complexity index is 178. The van der Waals surface area contributed by atoms with Crippen LogP contribution in [0.25, 0.3) is 0 Å². The molecule has 0 amide bonds. The zero-order chi connectivity index (χ0) is 12.0. The predicted molar refractivity (Wildman–Crippen MR) is 71.8 cm³/mol. The molecule has 2 heteroatoms. The molecule has 0 bridgehead atoms. The van der Waals surface area contributed by atoms with Gasteiger partial charge in [0.05, 0.1) is 0 Å². The van der Waals surface area contributed by atoms with Gasteiger partial charge in [0.15, 0.2) is 0 Å². The van der Waals surface area contributed by atoms with Gasteiger partial charge < -0.3 is 10.2 Å². The summed E-state index contributed by atoms with van der Waals surface area (Å²) < 4.78 is 0. The van der Waals surface area contributed by atoms with E-state index < -0.39 is 0 Å². The predicted octanol–water partition coefficient (Wildman–Crippen LogP) is 2.74. The van der Waals surface area contributed by atoms with Crippen LogP contribution in [-0.4, -0.2) is 37.1 Å². The quantitative estimate of drug-likeness (QED) is 0.650. The highest BCUT2D eigenvalue weighted by molar-refractivity contribution is 4.83. The fourth-order valence-corrected chi connectivity index (χ4v) is 2.16. The molecular formula is C14H30N2. The van der Waals surface area contributed by atoms with Crippen molar-refractivity contribution in [2.24, 2.45) is 11.8 Å². The van der Waals surface area contributed by atoms with Crippen molar-refractivity contribution in [2.45, 2.75) is 53.0 Å². The fourth-order valence-electron chi connectivity index (χ4n) is 2.16. The Kier molecular flexibility index (Phi) is 6.37. The van der Waals surface area contributed by atoms with Gasteiger partial charge in [-0.15, -0.1) is 0 Å². The molecule has 2 nitrogen and oxygen atoms in total. The van der Waals surface area contributed by atoms with E-state index in [2.05, 4.69) is 37.9 Å². The molecule has 1 rings (SSSR count). The van der Waals surface area contributed by atoms with Gasteiger partial charge in [-0.3, -0.25) is 0 Å². The Morgan fingerprint density at radius 2 is 1.94 bits per heavy atom. The van der Waals surface area contributed by atoms with Crippen LogP contribution in [0.2, 0.25) is 0 Å². The molecule has 96 valence electrons. The van der Waals surface area contributed by atoms with Crippen LogP contribution >= 0.6 is 0 Å². The van der Waals surface area contributed by atoms with E-state index in [0.29, 0.717) is 0 Å². The topological polar surface area (TPSA) is 15.3 Å². The van der Waals surface area contributed by atoms with E-state index >= 15 is 0 Å². The van der Waals surface area contributed by atoms with Crippen LogP contribution in [0.4, 0.5) is 0 Å². The highest BCUT2D eigenvalue weighted by Crippen LogP contribution is 2.32. The molecule has 1 fully saturated rings. The molecule has 0 aromatic rings. The molecule has 0 radical (unpaired) electrons. The lowest BCUT2D eigenvalue weighted by molar-refractivity contribution is 0.242. The monoisotopic (exact) mass is 226 g/mol. The SMILES string of the molecule is CCC(C)CN(CC)CCNC(C)C1CC1. The zero-order valence-electron chi connectivity index (χ0n) is 11.6. The van der Waals surface area contributed by atoms with Gasteiger partial charge in [-0.25, -0.2) is 0 Å². The first-order valence-electron chi connectivity index (χ1n) is 7.13. The molecular weight excluding hydrogens is 196 g/mol. The summed E-state index contributed by atoms with van der Waals surface area (Å²) in [6.07, 6.45) is 4.18. The van der Waals surface area contributed by atoms with Gasteiger partial charge in [-0.2, -0.15) is 0 Å². The van der Waals surface area contributed by atoms with E-state index in [-0.39, 0.29) is 0 Å². The summed E-state index contributed by atoms with van der Waals surface area (Å²) >= 11 is 0. The molecule has 1 aliphatic carbocycles. The number of hydrogen-bond donors (Lipinski definition) is 1. The van der Waals surface area contributed by atoms with E-state index in [9.17, 15) is 0 Å².